The number of aliphatic hydroxyl groups is 1. The monoisotopic (exact) mass is 265 g/mol. The molecule has 0 saturated heterocycles. The second kappa shape index (κ2) is 6.04. The second-order valence-corrected chi connectivity index (χ2v) is 4.92. The predicted molar refractivity (Wildman–Crippen MR) is 70.2 cm³/mol. The number of benzene rings is 1. The highest BCUT2D eigenvalue weighted by Crippen LogP contribution is 2.24. The minimum atomic E-state index is -0.562. The number of carbonyl (C=O) groups excluding carboxylic acids is 1. The van der Waals surface area contributed by atoms with Crippen LogP contribution in [0.2, 0.25) is 0 Å². The van der Waals surface area contributed by atoms with E-state index in [-0.39, 0.29) is 12.6 Å². The Bertz CT molecular complexity index is 459. The van der Waals surface area contributed by atoms with Gasteiger partial charge in [-0.15, -0.1) is 0 Å². The Morgan fingerprint density at radius 3 is 3.00 bits per heavy atom. The molecule has 1 aromatic carbocycles. The fourth-order valence-electron chi connectivity index (χ4n) is 1.82. The topological polar surface area (TPSA) is 67.8 Å². The molecule has 1 aromatic rings. The van der Waals surface area contributed by atoms with Crippen LogP contribution in [0.15, 0.2) is 18.2 Å². The van der Waals surface area contributed by atoms with Crippen molar-refractivity contribution in [3.8, 4) is 5.75 Å². The SMILES string of the molecule is CC(C)NCC(O)COc1ccc2c(c1)COC2=O. The highest BCUT2D eigenvalue weighted by atomic mass is 16.5. The predicted octanol–water partition coefficient (Wildman–Crippen LogP) is 1.09. The van der Waals surface area contributed by atoms with Crippen LogP contribution in [0.25, 0.3) is 0 Å². The van der Waals surface area contributed by atoms with Crippen molar-refractivity contribution in [2.45, 2.75) is 32.6 Å². The molecule has 1 atom stereocenters. The first-order chi connectivity index (χ1) is 9.06. The number of cyclic esters (lactones) is 1. The molecule has 1 heterocycles. The fraction of sp³-hybridized carbons (Fsp3) is 0.500. The van der Waals surface area contributed by atoms with E-state index < -0.39 is 6.10 Å². The molecule has 2 N–H and O–H groups in total. The van der Waals surface area contributed by atoms with Crippen molar-refractivity contribution in [3.05, 3.63) is 29.3 Å². The number of rotatable bonds is 6. The molecule has 2 rings (SSSR count). The second-order valence-electron chi connectivity index (χ2n) is 4.92. The van der Waals surface area contributed by atoms with Gasteiger partial charge in [0.1, 0.15) is 25.1 Å². The van der Waals surface area contributed by atoms with Crippen LogP contribution in [0.3, 0.4) is 0 Å². The van der Waals surface area contributed by atoms with Gasteiger partial charge in [-0.3, -0.25) is 0 Å². The third-order valence-corrected chi connectivity index (χ3v) is 2.86. The lowest BCUT2D eigenvalue weighted by Gasteiger charge is -2.15. The number of aliphatic hydroxyl groups excluding tert-OH is 1. The molecule has 1 aliphatic heterocycles. The molecule has 0 bridgehead atoms. The zero-order chi connectivity index (χ0) is 13.8. The quantitative estimate of drug-likeness (QED) is 0.754. The molecule has 5 heteroatoms. The van der Waals surface area contributed by atoms with Crippen molar-refractivity contribution in [3.63, 3.8) is 0 Å². The number of carbonyl (C=O) groups is 1. The van der Waals surface area contributed by atoms with Gasteiger partial charge in [0.15, 0.2) is 0 Å². The fourth-order valence-corrected chi connectivity index (χ4v) is 1.82. The Balaban J connectivity index is 1.85. The minimum Gasteiger partial charge on any atom is -0.491 e. The lowest BCUT2D eigenvalue weighted by atomic mass is 10.1. The molecular formula is C14H19NO4. The van der Waals surface area contributed by atoms with E-state index in [0.717, 1.165) is 5.56 Å². The van der Waals surface area contributed by atoms with Crippen LogP contribution < -0.4 is 10.1 Å². The van der Waals surface area contributed by atoms with E-state index in [1.165, 1.54) is 0 Å². The Kier molecular flexibility index (Phi) is 4.39. The summed E-state index contributed by atoms with van der Waals surface area (Å²) in [7, 11) is 0. The number of nitrogens with one attached hydrogen (secondary N) is 1. The molecule has 104 valence electrons. The summed E-state index contributed by atoms with van der Waals surface area (Å²) in [4.78, 5) is 11.3. The first-order valence-corrected chi connectivity index (χ1v) is 6.40. The largest absolute Gasteiger partial charge is 0.491 e. The number of fused-ring (bicyclic) bond motifs is 1. The van der Waals surface area contributed by atoms with E-state index in [1.54, 1.807) is 18.2 Å². The molecule has 19 heavy (non-hydrogen) atoms. The summed E-state index contributed by atoms with van der Waals surface area (Å²) >= 11 is 0. The molecule has 1 unspecified atom stereocenters. The molecule has 0 amide bonds. The highest BCUT2D eigenvalue weighted by Gasteiger charge is 2.21. The number of hydrogen-bond donors (Lipinski definition) is 2. The maximum absolute atomic E-state index is 11.3. The van der Waals surface area contributed by atoms with Gasteiger partial charge in [-0.25, -0.2) is 4.79 Å². The summed E-state index contributed by atoms with van der Waals surface area (Å²) in [5, 5.41) is 12.9. The molecule has 1 aliphatic rings. The third kappa shape index (κ3) is 3.68. The van der Waals surface area contributed by atoms with E-state index in [9.17, 15) is 9.90 Å². The molecule has 0 radical (unpaired) electrons. The van der Waals surface area contributed by atoms with Crippen LogP contribution in [0.4, 0.5) is 0 Å². The maximum atomic E-state index is 11.3. The first-order valence-electron chi connectivity index (χ1n) is 6.40. The van der Waals surface area contributed by atoms with E-state index in [0.29, 0.717) is 30.5 Å². The molecule has 5 nitrogen and oxygen atoms in total. The number of ether oxygens (including phenoxy) is 2. The van der Waals surface area contributed by atoms with Crippen molar-refractivity contribution in [2.75, 3.05) is 13.2 Å². The van der Waals surface area contributed by atoms with E-state index >= 15 is 0 Å². The Morgan fingerprint density at radius 1 is 1.47 bits per heavy atom. The van der Waals surface area contributed by atoms with Gasteiger partial charge in [-0.2, -0.15) is 0 Å². The van der Waals surface area contributed by atoms with Gasteiger partial charge in [0.25, 0.3) is 0 Å². The van der Waals surface area contributed by atoms with E-state index in [4.69, 9.17) is 9.47 Å². The Labute approximate surface area is 112 Å². The molecular weight excluding hydrogens is 246 g/mol. The van der Waals surface area contributed by atoms with Gasteiger partial charge < -0.3 is 19.9 Å². The number of hydrogen-bond acceptors (Lipinski definition) is 5. The molecule has 0 saturated carbocycles. The summed E-state index contributed by atoms with van der Waals surface area (Å²) < 4.78 is 10.4. The van der Waals surface area contributed by atoms with Crippen molar-refractivity contribution in [1.82, 2.24) is 5.32 Å². The van der Waals surface area contributed by atoms with Crippen LogP contribution in [0.5, 0.6) is 5.75 Å². The molecule has 0 spiro atoms. The van der Waals surface area contributed by atoms with Crippen LogP contribution in [0, 0.1) is 0 Å². The summed E-state index contributed by atoms with van der Waals surface area (Å²) in [6, 6.07) is 5.52. The normalized spacial score (nSPS) is 15.3. The van der Waals surface area contributed by atoms with Gasteiger partial charge in [-0.1, -0.05) is 13.8 Å². The minimum absolute atomic E-state index is 0.216. The zero-order valence-corrected chi connectivity index (χ0v) is 11.2. The summed E-state index contributed by atoms with van der Waals surface area (Å²) in [5.41, 5.74) is 1.42. The van der Waals surface area contributed by atoms with Gasteiger partial charge in [0.05, 0.1) is 5.56 Å². The summed E-state index contributed by atoms with van der Waals surface area (Å²) in [6.45, 7) is 5.04. The average molecular weight is 265 g/mol. The zero-order valence-electron chi connectivity index (χ0n) is 11.2. The van der Waals surface area contributed by atoms with Crippen LogP contribution >= 0.6 is 0 Å². The summed E-state index contributed by atoms with van der Waals surface area (Å²) in [6.07, 6.45) is -0.562. The van der Waals surface area contributed by atoms with Crippen molar-refractivity contribution >= 4 is 5.97 Å². The molecule has 0 fully saturated rings. The lowest BCUT2D eigenvalue weighted by molar-refractivity contribution is 0.0535. The standard InChI is InChI=1S/C14H19NO4/c1-9(2)15-6-11(16)8-18-12-3-4-13-10(5-12)7-19-14(13)17/h3-5,9,11,15-16H,6-8H2,1-2H3. The van der Waals surface area contributed by atoms with Crippen LogP contribution in [-0.2, 0) is 11.3 Å². The van der Waals surface area contributed by atoms with E-state index in [1.807, 2.05) is 13.8 Å². The summed E-state index contributed by atoms with van der Waals surface area (Å²) in [5.74, 6) is 0.350. The molecule has 0 aromatic heterocycles. The first kappa shape index (κ1) is 13.8. The van der Waals surface area contributed by atoms with Crippen molar-refractivity contribution in [1.29, 1.82) is 0 Å². The highest BCUT2D eigenvalue weighted by molar-refractivity contribution is 5.93. The lowest BCUT2D eigenvalue weighted by Crippen LogP contribution is -2.35. The molecule has 0 aliphatic carbocycles. The van der Waals surface area contributed by atoms with Gasteiger partial charge in [-0.05, 0) is 18.2 Å². The smallest absolute Gasteiger partial charge is 0.338 e. The van der Waals surface area contributed by atoms with Crippen molar-refractivity contribution in [2.24, 2.45) is 0 Å². The van der Waals surface area contributed by atoms with Gasteiger partial charge >= 0.3 is 5.97 Å². The third-order valence-electron chi connectivity index (χ3n) is 2.86. The van der Waals surface area contributed by atoms with Gasteiger partial charge in [0, 0.05) is 18.2 Å². The average Bonchev–Trinajstić information content (AvgIpc) is 2.75. The van der Waals surface area contributed by atoms with Crippen molar-refractivity contribution < 1.29 is 19.4 Å². The maximum Gasteiger partial charge on any atom is 0.338 e. The van der Waals surface area contributed by atoms with Gasteiger partial charge in [0.2, 0.25) is 0 Å². The van der Waals surface area contributed by atoms with Crippen LogP contribution in [0.1, 0.15) is 29.8 Å². The van der Waals surface area contributed by atoms with Crippen LogP contribution in [-0.4, -0.2) is 36.4 Å². The van der Waals surface area contributed by atoms with E-state index in [2.05, 4.69) is 5.32 Å². The number of esters is 1. The Hall–Kier alpha value is -1.59. The Morgan fingerprint density at radius 2 is 2.26 bits per heavy atom.